The molecular weight excluding hydrogens is 299 g/mol. The Bertz CT molecular complexity index is 775. The summed E-state index contributed by atoms with van der Waals surface area (Å²) in [6.45, 7) is 3.68. The van der Waals surface area contributed by atoms with Crippen molar-refractivity contribution in [3.63, 3.8) is 0 Å². The highest BCUT2D eigenvalue weighted by Crippen LogP contribution is 2.13. The average Bonchev–Trinajstić information content (AvgIpc) is 2.53. The molecule has 1 saturated heterocycles. The minimum Gasteiger partial charge on any atom is -0.355 e. The van der Waals surface area contributed by atoms with Crippen LogP contribution in [0.25, 0.3) is 0 Å². The first kappa shape index (κ1) is 15.5. The number of piperazine rings is 1. The molecule has 0 aliphatic carbocycles. The topological polar surface area (TPSA) is 61.3 Å². The summed E-state index contributed by atoms with van der Waals surface area (Å²) < 4.78 is 14.3. The van der Waals surface area contributed by atoms with E-state index in [0.717, 1.165) is 23.2 Å². The first-order chi connectivity index (χ1) is 11.0. The molecule has 3 rings (SSSR count). The summed E-state index contributed by atoms with van der Waals surface area (Å²) in [5.41, 5.74) is 0.223. The second-order valence-electron chi connectivity index (χ2n) is 5.75. The van der Waals surface area contributed by atoms with Crippen LogP contribution >= 0.6 is 0 Å². The van der Waals surface area contributed by atoms with E-state index in [-0.39, 0.29) is 11.4 Å². The van der Waals surface area contributed by atoms with Crippen molar-refractivity contribution in [2.75, 3.05) is 31.1 Å². The molecule has 2 aromatic rings. The zero-order chi connectivity index (χ0) is 16.4. The van der Waals surface area contributed by atoms with Gasteiger partial charge in [0.05, 0.1) is 0 Å². The molecule has 6 nitrogen and oxygen atoms in total. The van der Waals surface area contributed by atoms with E-state index in [9.17, 15) is 14.0 Å². The predicted octanol–water partition coefficient (Wildman–Crippen LogP) is 0.535. The van der Waals surface area contributed by atoms with Gasteiger partial charge >= 0.3 is 5.69 Å². The van der Waals surface area contributed by atoms with E-state index in [0.29, 0.717) is 25.5 Å². The Morgan fingerprint density at radius 2 is 1.87 bits per heavy atom. The monoisotopic (exact) mass is 318 g/mol. The molecule has 1 aliphatic heterocycles. The Hall–Kier alpha value is -2.41. The molecule has 0 radical (unpaired) electrons. The molecule has 23 heavy (non-hydrogen) atoms. The number of benzene rings is 1. The maximum absolute atomic E-state index is 13.2. The van der Waals surface area contributed by atoms with Crippen molar-refractivity contribution in [2.45, 2.75) is 6.54 Å². The lowest BCUT2D eigenvalue weighted by molar-refractivity contribution is 0.249. The summed E-state index contributed by atoms with van der Waals surface area (Å²) >= 11 is 0. The number of H-pyrrole nitrogens is 1. The van der Waals surface area contributed by atoms with Crippen molar-refractivity contribution in [2.24, 2.45) is 7.05 Å². The number of nitrogens with zero attached hydrogens (tertiary/aromatic N) is 3. The van der Waals surface area contributed by atoms with E-state index in [1.807, 2.05) is 11.0 Å². The molecule has 7 heteroatoms. The second-order valence-corrected chi connectivity index (χ2v) is 5.75. The van der Waals surface area contributed by atoms with Crippen molar-refractivity contribution in [3.8, 4) is 0 Å². The van der Waals surface area contributed by atoms with Crippen LogP contribution < -0.4 is 16.1 Å². The van der Waals surface area contributed by atoms with E-state index < -0.39 is 5.69 Å². The first-order valence-corrected chi connectivity index (χ1v) is 7.55. The predicted molar refractivity (Wildman–Crippen MR) is 86.2 cm³/mol. The number of hydrogen-bond donors (Lipinski definition) is 1. The highest BCUT2D eigenvalue weighted by atomic mass is 19.1. The van der Waals surface area contributed by atoms with Crippen molar-refractivity contribution >= 4 is 5.82 Å². The lowest BCUT2D eigenvalue weighted by Crippen LogP contribution is -2.47. The van der Waals surface area contributed by atoms with Gasteiger partial charge in [0, 0.05) is 45.8 Å². The van der Waals surface area contributed by atoms with Gasteiger partial charge in [0.1, 0.15) is 11.6 Å². The van der Waals surface area contributed by atoms with Crippen LogP contribution in [0.5, 0.6) is 0 Å². The van der Waals surface area contributed by atoms with Gasteiger partial charge in [-0.2, -0.15) is 0 Å². The molecule has 0 atom stereocenters. The molecule has 0 spiro atoms. The van der Waals surface area contributed by atoms with Crippen LogP contribution in [0.2, 0.25) is 0 Å². The van der Waals surface area contributed by atoms with Crippen molar-refractivity contribution in [1.82, 2.24) is 14.5 Å². The van der Waals surface area contributed by atoms with Crippen LogP contribution in [0.15, 0.2) is 39.9 Å². The fraction of sp³-hybridized carbons (Fsp3) is 0.375. The third-order valence-corrected chi connectivity index (χ3v) is 4.14. The smallest absolute Gasteiger partial charge is 0.329 e. The molecule has 1 aromatic heterocycles. The summed E-state index contributed by atoms with van der Waals surface area (Å²) in [5.74, 6) is 0.336. The van der Waals surface area contributed by atoms with Crippen LogP contribution in [0, 0.1) is 5.82 Å². The molecule has 0 unspecified atom stereocenters. The standard InChI is InChI=1S/C16H19FN4O2/c1-19-15(22)10-14(18-16(19)23)21-7-5-20(6-8-21)11-12-3-2-4-13(17)9-12/h2-4,9-10H,5-8,11H2,1H3,(H,18,23). The van der Waals surface area contributed by atoms with Gasteiger partial charge in [-0.05, 0) is 17.7 Å². The first-order valence-electron chi connectivity index (χ1n) is 7.55. The molecule has 0 amide bonds. The van der Waals surface area contributed by atoms with Crippen molar-refractivity contribution in [3.05, 3.63) is 62.6 Å². The lowest BCUT2D eigenvalue weighted by Gasteiger charge is -2.35. The van der Waals surface area contributed by atoms with Gasteiger partial charge in [-0.3, -0.25) is 19.2 Å². The lowest BCUT2D eigenvalue weighted by atomic mass is 10.2. The number of nitrogens with one attached hydrogen (secondary N) is 1. The third-order valence-electron chi connectivity index (χ3n) is 4.14. The Balaban J connectivity index is 1.64. The van der Waals surface area contributed by atoms with Gasteiger partial charge in [0.2, 0.25) is 0 Å². The van der Waals surface area contributed by atoms with Gasteiger partial charge in [0.15, 0.2) is 0 Å². The Labute approximate surface area is 132 Å². The minimum absolute atomic E-state index is 0.223. The largest absolute Gasteiger partial charge is 0.355 e. The maximum Gasteiger partial charge on any atom is 0.329 e. The highest BCUT2D eigenvalue weighted by molar-refractivity contribution is 5.37. The molecule has 1 N–H and O–H groups in total. The number of aromatic amines is 1. The van der Waals surface area contributed by atoms with Gasteiger partial charge < -0.3 is 4.90 Å². The van der Waals surface area contributed by atoms with Gasteiger partial charge in [-0.1, -0.05) is 12.1 Å². The Morgan fingerprint density at radius 1 is 1.13 bits per heavy atom. The molecule has 1 aromatic carbocycles. The van der Waals surface area contributed by atoms with Gasteiger partial charge in [-0.25, -0.2) is 9.18 Å². The highest BCUT2D eigenvalue weighted by Gasteiger charge is 2.18. The van der Waals surface area contributed by atoms with Crippen LogP contribution in [0.3, 0.4) is 0 Å². The average molecular weight is 318 g/mol. The number of aromatic nitrogens is 2. The fourth-order valence-electron chi connectivity index (χ4n) is 2.75. The molecule has 0 saturated carbocycles. The van der Waals surface area contributed by atoms with Gasteiger partial charge in [-0.15, -0.1) is 0 Å². The van der Waals surface area contributed by atoms with Crippen LogP contribution in [0.4, 0.5) is 10.2 Å². The normalized spacial score (nSPS) is 15.8. The molecule has 1 fully saturated rings. The van der Waals surface area contributed by atoms with E-state index in [2.05, 4.69) is 9.88 Å². The van der Waals surface area contributed by atoms with Crippen molar-refractivity contribution < 1.29 is 4.39 Å². The van der Waals surface area contributed by atoms with Gasteiger partial charge in [0.25, 0.3) is 5.56 Å². The van der Waals surface area contributed by atoms with Crippen LogP contribution in [0.1, 0.15) is 5.56 Å². The minimum atomic E-state index is -0.408. The number of anilines is 1. The second kappa shape index (κ2) is 6.37. The van der Waals surface area contributed by atoms with Crippen molar-refractivity contribution in [1.29, 1.82) is 0 Å². The summed E-state index contributed by atoms with van der Waals surface area (Å²) in [4.78, 5) is 30.3. The molecule has 2 heterocycles. The molecule has 122 valence electrons. The SMILES string of the molecule is Cn1c(=O)cc(N2CCN(Cc3cccc(F)c3)CC2)[nH]c1=O. The number of halogens is 1. The van der Waals surface area contributed by atoms with Crippen LogP contribution in [-0.2, 0) is 13.6 Å². The molecular formula is C16H19FN4O2. The number of hydrogen-bond acceptors (Lipinski definition) is 4. The van der Waals surface area contributed by atoms with E-state index in [1.54, 1.807) is 12.1 Å². The zero-order valence-corrected chi connectivity index (χ0v) is 13.0. The summed E-state index contributed by atoms with van der Waals surface area (Å²) in [6, 6.07) is 8.06. The molecule has 1 aliphatic rings. The summed E-state index contributed by atoms with van der Waals surface area (Å²) in [7, 11) is 1.45. The quantitative estimate of drug-likeness (QED) is 0.897. The Kier molecular flexibility index (Phi) is 4.29. The molecule has 0 bridgehead atoms. The van der Waals surface area contributed by atoms with E-state index in [1.165, 1.54) is 19.2 Å². The summed E-state index contributed by atoms with van der Waals surface area (Å²) in [6.07, 6.45) is 0. The van der Waals surface area contributed by atoms with Crippen LogP contribution in [-0.4, -0.2) is 40.6 Å². The third kappa shape index (κ3) is 3.50. The summed E-state index contributed by atoms with van der Waals surface area (Å²) in [5, 5.41) is 0. The fourth-order valence-corrected chi connectivity index (χ4v) is 2.75. The zero-order valence-electron chi connectivity index (χ0n) is 13.0. The van der Waals surface area contributed by atoms with E-state index >= 15 is 0 Å². The van der Waals surface area contributed by atoms with E-state index in [4.69, 9.17) is 0 Å². The Morgan fingerprint density at radius 3 is 2.52 bits per heavy atom. The number of rotatable bonds is 3. The maximum atomic E-state index is 13.2.